The Morgan fingerprint density at radius 3 is 2.85 bits per heavy atom. The van der Waals surface area contributed by atoms with Gasteiger partial charge in [-0.05, 0) is 80.8 Å². The number of ether oxygens (including phenoxy) is 2. The van der Waals surface area contributed by atoms with Gasteiger partial charge in [0.1, 0.15) is 5.75 Å². The predicted octanol–water partition coefficient (Wildman–Crippen LogP) is 3.07. The summed E-state index contributed by atoms with van der Waals surface area (Å²) in [5, 5.41) is 16.1. The maximum Gasteiger partial charge on any atom is 0.266 e. The van der Waals surface area contributed by atoms with E-state index >= 15 is 0 Å². The molecule has 1 unspecified atom stereocenters. The second-order valence-electron chi connectivity index (χ2n) is 9.45. The Balaban J connectivity index is 1.15. The number of rotatable bonds is 10. The van der Waals surface area contributed by atoms with Crippen LogP contribution in [-0.2, 0) is 4.74 Å². The zero-order valence-corrected chi connectivity index (χ0v) is 20.2. The zero-order chi connectivity index (χ0) is 23.9. The number of aliphatic hydroxyl groups is 1. The average molecular weight is 473 g/mol. The average Bonchev–Trinajstić information content (AvgIpc) is 3.54. The number of nitrogens with one attached hydrogen (secondary N) is 1. The minimum absolute atomic E-state index is 0.0840. The molecule has 2 atom stereocenters. The summed E-state index contributed by atoms with van der Waals surface area (Å²) in [6, 6.07) is 5.24. The van der Waals surface area contributed by atoms with Crippen LogP contribution in [0.25, 0.3) is 0 Å². The Hall–Kier alpha value is -2.65. The second kappa shape index (κ2) is 11.7. The molecule has 1 aromatic carbocycles. The molecular weight excluding hydrogens is 436 g/mol. The molecular formula is C25H36N4O5. The molecule has 9 nitrogen and oxygen atoms in total. The lowest BCUT2D eigenvalue weighted by Crippen LogP contribution is -2.35. The van der Waals surface area contributed by atoms with Crippen LogP contribution in [-0.4, -0.2) is 66.7 Å². The first-order chi connectivity index (χ1) is 16.5. The number of nitrogens with zero attached hydrogens (tertiary/aromatic N) is 3. The van der Waals surface area contributed by atoms with Crippen LogP contribution < -0.4 is 15.0 Å². The van der Waals surface area contributed by atoms with Crippen molar-refractivity contribution in [3.8, 4) is 5.75 Å². The van der Waals surface area contributed by atoms with Gasteiger partial charge < -0.3 is 29.3 Å². The molecule has 2 N–H and O–H groups in total. The highest BCUT2D eigenvalue weighted by Gasteiger charge is 2.27. The standard InChI is InChI=1S/C25H36N4O5/c1-17-14-21(5-6-22(17)23(31)26-18(2)15-30)33-12-3-4-19-7-10-29(11-8-19)25-27-24(34-28-25)20-9-13-32-16-20/h5-6,14,18-20,30H,3-4,7-13,15-16H2,1-2H3,(H,26,31)/t18-,20?/m1/s1. The van der Waals surface area contributed by atoms with Crippen molar-refractivity contribution in [2.75, 3.05) is 44.4 Å². The van der Waals surface area contributed by atoms with Crippen molar-refractivity contribution >= 4 is 11.9 Å². The van der Waals surface area contributed by atoms with Gasteiger partial charge in [-0.15, -0.1) is 0 Å². The summed E-state index contributed by atoms with van der Waals surface area (Å²) in [5.74, 6) is 2.93. The van der Waals surface area contributed by atoms with Crippen molar-refractivity contribution in [2.45, 2.75) is 57.9 Å². The third-order valence-corrected chi connectivity index (χ3v) is 6.73. The normalized spacial score (nSPS) is 19.9. The number of aryl methyl sites for hydroxylation is 1. The van der Waals surface area contributed by atoms with Gasteiger partial charge in [-0.25, -0.2) is 0 Å². The molecule has 4 rings (SSSR count). The van der Waals surface area contributed by atoms with Crippen LogP contribution in [0.15, 0.2) is 22.7 Å². The molecule has 2 fully saturated rings. The first-order valence-electron chi connectivity index (χ1n) is 12.3. The van der Waals surface area contributed by atoms with Gasteiger partial charge in [0.15, 0.2) is 0 Å². The van der Waals surface area contributed by atoms with E-state index in [9.17, 15) is 4.79 Å². The van der Waals surface area contributed by atoms with Crippen molar-refractivity contribution in [2.24, 2.45) is 5.92 Å². The number of aromatic nitrogens is 2. The number of piperidine rings is 1. The summed E-state index contributed by atoms with van der Waals surface area (Å²) in [4.78, 5) is 19.1. The third-order valence-electron chi connectivity index (χ3n) is 6.73. The van der Waals surface area contributed by atoms with Crippen LogP contribution >= 0.6 is 0 Å². The Bertz CT molecular complexity index is 935. The predicted molar refractivity (Wildman–Crippen MR) is 127 cm³/mol. The molecule has 2 aromatic rings. The highest BCUT2D eigenvalue weighted by molar-refractivity contribution is 5.95. The van der Waals surface area contributed by atoms with Crippen LogP contribution in [0, 0.1) is 12.8 Å². The maximum absolute atomic E-state index is 12.3. The summed E-state index contributed by atoms with van der Waals surface area (Å²) >= 11 is 0. The number of carbonyl (C=O) groups excluding carboxylic acids is 1. The fraction of sp³-hybridized carbons (Fsp3) is 0.640. The molecule has 0 saturated carbocycles. The van der Waals surface area contributed by atoms with Crippen molar-refractivity contribution < 1.29 is 23.9 Å². The highest BCUT2D eigenvalue weighted by Crippen LogP contribution is 2.28. The van der Waals surface area contributed by atoms with Gasteiger partial charge in [0.25, 0.3) is 11.9 Å². The molecule has 9 heteroatoms. The van der Waals surface area contributed by atoms with E-state index < -0.39 is 0 Å². The van der Waals surface area contributed by atoms with E-state index in [4.69, 9.17) is 19.1 Å². The number of aliphatic hydroxyl groups excluding tert-OH is 1. The molecule has 1 amide bonds. The molecule has 0 bridgehead atoms. The number of amides is 1. The van der Waals surface area contributed by atoms with Gasteiger partial charge in [0.2, 0.25) is 5.89 Å². The molecule has 2 aliphatic rings. The van der Waals surface area contributed by atoms with Crippen molar-refractivity contribution in [1.29, 1.82) is 0 Å². The number of hydrogen-bond acceptors (Lipinski definition) is 8. The quantitative estimate of drug-likeness (QED) is 0.508. The Morgan fingerprint density at radius 2 is 2.15 bits per heavy atom. The number of anilines is 1. The van der Waals surface area contributed by atoms with Gasteiger partial charge in [0, 0.05) is 31.3 Å². The molecule has 2 saturated heterocycles. The fourth-order valence-electron chi connectivity index (χ4n) is 4.56. The van der Waals surface area contributed by atoms with E-state index in [1.54, 1.807) is 13.0 Å². The SMILES string of the molecule is Cc1cc(OCCCC2CCN(c3noc(C4CCOC4)n3)CC2)ccc1C(=O)N[C@H](C)CO. The summed E-state index contributed by atoms with van der Waals surface area (Å²) < 4.78 is 16.8. The fourth-order valence-corrected chi connectivity index (χ4v) is 4.56. The largest absolute Gasteiger partial charge is 0.494 e. The molecule has 0 aliphatic carbocycles. The Kier molecular flexibility index (Phi) is 8.39. The summed E-state index contributed by atoms with van der Waals surface area (Å²) in [6.45, 7) is 7.57. The molecule has 3 heterocycles. The van der Waals surface area contributed by atoms with E-state index in [1.165, 1.54) is 0 Å². The molecule has 1 aromatic heterocycles. The highest BCUT2D eigenvalue weighted by atomic mass is 16.5. The van der Waals surface area contributed by atoms with E-state index in [1.807, 2.05) is 19.1 Å². The Labute approximate surface area is 200 Å². The number of carbonyl (C=O) groups is 1. The minimum Gasteiger partial charge on any atom is -0.494 e. The van der Waals surface area contributed by atoms with Gasteiger partial charge in [-0.2, -0.15) is 4.98 Å². The summed E-state index contributed by atoms with van der Waals surface area (Å²) in [6.07, 6.45) is 5.31. The third kappa shape index (κ3) is 6.27. The van der Waals surface area contributed by atoms with Gasteiger partial charge in [-0.1, -0.05) is 0 Å². The Morgan fingerprint density at radius 1 is 1.32 bits per heavy atom. The molecule has 2 aliphatic heterocycles. The first kappa shape index (κ1) is 24.5. The molecule has 34 heavy (non-hydrogen) atoms. The topological polar surface area (TPSA) is 110 Å². The molecule has 0 radical (unpaired) electrons. The lowest BCUT2D eigenvalue weighted by molar-refractivity contribution is 0.0921. The van der Waals surface area contributed by atoms with Crippen LogP contribution in [0.2, 0.25) is 0 Å². The smallest absolute Gasteiger partial charge is 0.266 e. The van der Waals surface area contributed by atoms with Crippen molar-refractivity contribution in [3.63, 3.8) is 0 Å². The maximum atomic E-state index is 12.3. The van der Waals surface area contributed by atoms with Crippen LogP contribution in [0.5, 0.6) is 5.75 Å². The lowest BCUT2D eigenvalue weighted by Gasteiger charge is -2.30. The van der Waals surface area contributed by atoms with Crippen LogP contribution in [0.1, 0.15) is 66.8 Å². The van der Waals surface area contributed by atoms with Crippen molar-refractivity contribution in [1.82, 2.24) is 15.5 Å². The van der Waals surface area contributed by atoms with E-state index in [-0.39, 0.29) is 24.5 Å². The van der Waals surface area contributed by atoms with E-state index in [0.29, 0.717) is 36.5 Å². The number of hydrogen-bond donors (Lipinski definition) is 2. The van der Waals surface area contributed by atoms with Crippen LogP contribution in [0.3, 0.4) is 0 Å². The summed E-state index contributed by atoms with van der Waals surface area (Å²) in [5.41, 5.74) is 1.46. The lowest BCUT2D eigenvalue weighted by atomic mass is 9.92. The zero-order valence-electron chi connectivity index (χ0n) is 20.2. The van der Waals surface area contributed by atoms with Gasteiger partial charge >= 0.3 is 0 Å². The molecule has 0 spiro atoms. The monoisotopic (exact) mass is 472 g/mol. The first-order valence-corrected chi connectivity index (χ1v) is 12.3. The van der Waals surface area contributed by atoms with E-state index in [2.05, 4.69) is 20.4 Å². The molecule has 186 valence electrons. The van der Waals surface area contributed by atoms with Crippen molar-refractivity contribution in [3.05, 3.63) is 35.2 Å². The number of benzene rings is 1. The van der Waals surface area contributed by atoms with Crippen LogP contribution in [0.4, 0.5) is 5.95 Å². The van der Waals surface area contributed by atoms with E-state index in [0.717, 1.165) is 63.1 Å². The minimum atomic E-state index is -0.272. The van der Waals surface area contributed by atoms with Gasteiger partial charge in [-0.3, -0.25) is 4.79 Å². The second-order valence-corrected chi connectivity index (χ2v) is 9.45. The summed E-state index contributed by atoms with van der Waals surface area (Å²) in [7, 11) is 0. The van der Waals surface area contributed by atoms with Gasteiger partial charge in [0.05, 0.1) is 25.7 Å².